The van der Waals surface area contributed by atoms with Gasteiger partial charge in [-0.15, -0.1) is 0 Å². The molecule has 0 saturated heterocycles. The summed E-state index contributed by atoms with van der Waals surface area (Å²) in [5, 5.41) is 13.9. The van der Waals surface area contributed by atoms with Crippen LogP contribution in [0.4, 0.5) is 0 Å². The maximum atomic E-state index is 12.0. The number of hydrogen-bond donors (Lipinski definition) is 1. The van der Waals surface area contributed by atoms with Gasteiger partial charge in [-0.25, -0.2) is 9.97 Å². The van der Waals surface area contributed by atoms with Gasteiger partial charge in [0, 0.05) is 7.05 Å². The molecule has 0 aliphatic rings. The molecule has 3 heterocycles. The zero-order chi connectivity index (χ0) is 13.6. The Morgan fingerprint density at radius 2 is 2.26 bits per heavy atom. The lowest BCUT2D eigenvalue weighted by atomic mass is 10.1. The molecule has 96 valence electrons. The number of rotatable bonds is 1. The molecule has 0 amide bonds. The number of aryl methyl sites for hydroxylation is 1. The molecular formula is C12H8ClN3O2S. The third-order valence-corrected chi connectivity index (χ3v) is 3.76. The topological polar surface area (TPSA) is 68.0 Å². The molecule has 7 heteroatoms. The van der Waals surface area contributed by atoms with Crippen LogP contribution in [0.15, 0.2) is 27.8 Å². The lowest BCUT2D eigenvalue weighted by Gasteiger charge is -2.10. The van der Waals surface area contributed by atoms with Gasteiger partial charge in [-0.2, -0.15) is 11.3 Å². The average molecular weight is 294 g/mol. The Labute approximate surface area is 116 Å². The third-order valence-electron chi connectivity index (χ3n) is 2.89. The molecule has 0 spiro atoms. The molecule has 3 rings (SSSR count). The van der Waals surface area contributed by atoms with E-state index in [-0.39, 0.29) is 11.0 Å². The lowest BCUT2D eigenvalue weighted by Crippen LogP contribution is -2.18. The zero-order valence-corrected chi connectivity index (χ0v) is 11.4. The fourth-order valence-electron chi connectivity index (χ4n) is 1.95. The first-order chi connectivity index (χ1) is 9.09. The smallest absolute Gasteiger partial charge is 0.293 e. The van der Waals surface area contributed by atoms with Crippen LogP contribution in [-0.4, -0.2) is 19.6 Å². The molecule has 1 N–H and O–H groups in total. The molecule has 3 aromatic rings. The van der Waals surface area contributed by atoms with Crippen LogP contribution in [0.2, 0.25) is 5.28 Å². The third kappa shape index (κ3) is 1.80. The van der Waals surface area contributed by atoms with Crippen molar-refractivity contribution in [1.82, 2.24) is 14.5 Å². The van der Waals surface area contributed by atoms with Crippen LogP contribution in [0.25, 0.3) is 22.2 Å². The molecule has 0 unspecified atom stereocenters. The molecule has 5 nitrogen and oxygen atoms in total. The van der Waals surface area contributed by atoms with Crippen molar-refractivity contribution in [2.24, 2.45) is 7.05 Å². The molecule has 19 heavy (non-hydrogen) atoms. The highest BCUT2D eigenvalue weighted by Crippen LogP contribution is 2.33. The summed E-state index contributed by atoms with van der Waals surface area (Å²) in [6.45, 7) is 0. The predicted octanol–water partition coefficient (Wildman–Crippen LogP) is 2.42. The van der Waals surface area contributed by atoms with Gasteiger partial charge in [0.2, 0.25) is 5.28 Å². The minimum Gasteiger partial charge on any atom is -0.503 e. The Kier molecular flexibility index (Phi) is 2.76. The number of hydrogen-bond acceptors (Lipinski definition) is 5. The van der Waals surface area contributed by atoms with Crippen molar-refractivity contribution < 1.29 is 5.11 Å². The van der Waals surface area contributed by atoms with Gasteiger partial charge in [-0.3, -0.25) is 4.79 Å². The molecule has 0 fully saturated rings. The van der Waals surface area contributed by atoms with E-state index in [4.69, 9.17) is 11.6 Å². The Morgan fingerprint density at radius 3 is 2.95 bits per heavy atom. The second kappa shape index (κ2) is 4.32. The molecule has 0 radical (unpaired) electrons. The number of nitrogens with zero attached hydrogens (tertiary/aromatic N) is 3. The average Bonchev–Trinajstić information content (AvgIpc) is 2.90. The van der Waals surface area contributed by atoms with Crippen LogP contribution in [0.5, 0.6) is 5.75 Å². The Balaban J connectivity index is 2.56. The van der Waals surface area contributed by atoms with E-state index in [0.29, 0.717) is 16.6 Å². The minimum atomic E-state index is -0.486. The highest BCUT2D eigenvalue weighted by atomic mass is 35.5. The summed E-state index contributed by atoms with van der Waals surface area (Å²) in [6, 6.07) is 1.81. The summed E-state index contributed by atoms with van der Waals surface area (Å²) >= 11 is 7.28. The van der Waals surface area contributed by atoms with Gasteiger partial charge in [0.25, 0.3) is 5.56 Å². The first kappa shape index (κ1) is 12.1. The van der Waals surface area contributed by atoms with E-state index in [2.05, 4.69) is 9.97 Å². The van der Waals surface area contributed by atoms with Gasteiger partial charge < -0.3 is 9.67 Å². The summed E-state index contributed by atoms with van der Waals surface area (Å²) < 4.78 is 1.30. The summed E-state index contributed by atoms with van der Waals surface area (Å²) in [5.74, 6) is -0.330. The normalized spacial score (nSPS) is 11.1. The molecule has 3 aromatic heterocycles. The van der Waals surface area contributed by atoms with Crippen molar-refractivity contribution in [2.75, 3.05) is 0 Å². The van der Waals surface area contributed by atoms with Crippen molar-refractivity contribution in [3.05, 3.63) is 38.7 Å². The van der Waals surface area contributed by atoms with Gasteiger partial charge >= 0.3 is 0 Å². The second-order valence-corrected chi connectivity index (χ2v) is 5.09. The van der Waals surface area contributed by atoms with Crippen LogP contribution >= 0.6 is 22.9 Å². The number of aromatic nitrogens is 3. The van der Waals surface area contributed by atoms with Crippen molar-refractivity contribution in [2.45, 2.75) is 0 Å². The van der Waals surface area contributed by atoms with Crippen LogP contribution in [0.1, 0.15) is 0 Å². The van der Waals surface area contributed by atoms with E-state index in [1.54, 1.807) is 7.05 Å². The monoisotopic (exact) mass is 293 g/mol. The first-order valence-electron chi connectivity index (χ1n) is 5.36. The van der Waals surface area contributed by atoms with Gasteiger partial charge in [-0.1, -0.05) is 0 Å². The van der Waals surface area contributed by atoms with Gasteiger partial charge in [0.05, 0.1) is 17.3 Å². The van der Waals surface area contributed by atoms with Crippen molar-refractivity contribution in [3.8, 4) is 16.9 Å². The summed E-state index contributed by atoms with van der Waals surface area (Å²) in [6.07, 6.45) is 1.47. The number of pyridine rings is 1. The van der Waals surface area contributed by atoms with Crippen molar-refractivity contribution in [1.29, 1.82) is 0 Å². The molecule has 0 aromatic carbocycles. The number of fused-ring (bicyclic) bond motifs is 1. The van der Waals surface area contributed by atoms with Crippen LogP contribution in [0, 0.1) is 0 Å². The molecule has 0 aliphatic heterocycles. The van der Waals surface area contributed by atoms with E-state index in [0.717, 1.165) is 5.56 Å². The van der Waals surface area contributed by atoms with Crippen LogP contribution in [0.3, 0.4) is 0 Å². The standard InChI is InChI=1S/C12H8ClN3O2S/c1-16-7-4-14-12(13)15-9(7)8(10(17)11(16)18)6-2-3-19-5-6/h2-5,17H,1H3. The first-order valence-corrected chi connectivity index (χ1v) is 6.68. The highest BCUT2D eigenvalue weighted by molar-refractivity contribution is 7.08. The second-order valence-electron chi connectivity index (χ2n) is 3.97. The molecular weight excluding hydrogens is 286 g/mol. The van der Waals surface area contributed by atoms with Gasteiger partial charge in [0.1, 0.15) is 5.52 Å². The fraction of sp³-hybridized carbons (Fsp3) is 0.0833. The molecule has 0 atom stereocenters. The maximum Gasteiger partial charge on any atom is 0.293 e. The number of aromatic hydroxyl groups is 1. The van der Waals surface area contributed by atoms with E-state index in [1.807, 2.05) is 16.8 Å². The Hall–Kier alpha value is -1.92. The largest absolute Gasteiger partial charge is 0.503 e. The van der Waals surface area contributed by atoms with Gasteiger partial charge in [-0.05, 0) is 34.0 Å². The predicted molar refractivity (Wildman–Crippen MR) is 74.8 cm³/mol. The van der Waals surface area contributed by atoms with Crippen LogP contribution in [-0.2, 0) is 7.05 Å². The summed E-state index contributed by atoms with van der Waals surface area (Å²) in [5.41, 5.74) is 1.62. The summed E-state index contributed by atoms with van der Waals surface area (Å²) in [7, 11) is 1.55. The Bertz CT molecular complexity index is 827. The Morgan fingerprint density at radius 1 is 1.47 bits per heavy atom. The number of halogens is 1. The SMILES string of the molecule is Cn1c(=O)c(O)c(-c2ccsc2)c2nc(Cl)ncc21. The zero-order valence-electron chi connectivity index (χ0n) is 9.79. The fourth-order valence-corrected chi connectivity index (χ4v) is 2.73. The lowest BCUT2D eigenvalue weighted by molar-refractivity contribution is 0.465. The van der Waals surface area contributed by atoms with Crippen molar-refractivity contribution in [3.63, 3.8) is 0 Å². The van der Waals surface area contributed by atoms with E-state index in [1.165, 1.54) is 22.1 Å². The molecule has 0 aliphatic carbocycles. The molecule has 0 saturated carbocycles. The minimum absolute atomic E-state index is 0.0713. The van der Waals surface area contributed by atoms with Crippen LogP contribution < -0.4 is 5.56 Å². The quantitative estimate of drug-likeness (QED) is 0.700. The summed E-state index contributed by atoms with van der Waals surface area (Å²) in [4.78, 5) is 20.0. The van der Waals surface area contributed by atoms with E-state index >= 15 is 0 Å². The van der Waals surface area contributed by atoms with Crippen molar-refractivity contribution >= 4 is 34.0 Å². The maximum absolute atomic E-state index is 12.0. The molecule has 0 bridgehead atoms. The van der Waals surface area contributed by atoms with Gasteiger partial charge in [0.15, 0.2) is 5.75 Å². The van der Waals surface area contributed by atoms with E-state index in [9.17, 15) is 9.90 Å². The number of thiophene rings is 1. The highest BCUT2D eigenvalue weighted by Gasteiger charge is 2.18. The van der Waals surface area contributed by atoms with E-state index < -0.39 is 5.56 Å².